The number of aliphatic hydroxyl groups excluding tert-OH is 1. The number of ether oxygens (including phenoxy) is 1. The number of benzene rings is 1. The molecule has 0 heterocycles. The van der Waals surface area contributed by atoms with Gasteiger partial charge in [0.25, 0.3) is 0 Å². The first-order valence-electron chi connectivity index (χ1n) is 5.64. The fraction of sp³-hybridized carbons (Fsp3) is 0.357. The van der Waals surface area contributed by atoms with Gasteiger partial charge in [-0.3, -0.25) is 4.79 Å². The Labute approximate surface area is 102 Å². The topological polar surface area (TPSA) is 46.5 Å². The second-order valence-corrected chi connectivity index (χ2v) is 3.90. The predicted molar refractivity (Wildman–Crippen MR) is 66.5 cm³/mol. The largest absolute Gasteiger partial charge is 0.465 e. The summed E-state index contributed by atoms with van der Waals surface area (Å²) in [6, 6.07) is 9.51. The number of aliphatic hydroxyl groups is 1. The molecule has 92 valence electrons. The van der Waals surface area contributed by atoms with Crippen LogP contribution < -0.4 is 0 Å². The van der Waals surface area contributed by atoms with Crippen molar-refractivity contribution in [2.45, 2.75) is 13.3 Å². The lowest BCUT2D eigenvalue weighted by Crippen LogP contribution is -2.36. The Bertz CT molecular complexity index is 372. The van der Waals surface area contributed by atoms with Crippen LogP contribution in [0.1, 0.15) is 12.5 Å². The molecule has 1 N–H and O–H groups in total. The Morgan fingerprint density at radius 3 is 2.59 bits per heavy atom. The molecule has 17 heavy (non-hydrogen) atoms. The van der Waals surface area contributed by atoms with Crippen molar-refractivity contribution in [1.82, 2.24) is 0 Å². The highest BCUT2D eigenvalue weighted by Gasteiger charge is 2.36. The molecule has 0 aliphatic carbocycles. The number of rotatable bonds is 6. The standard InChI is InChI=1S/C14H18O3/c1-3-14(11-15,13(16)17-4-2)10-12-8-6-5-7-9-12/h3,5-9,15H,1,4,10-11H2,2H3/t14-/m0/s1. The van der Waals surface area contributed by atoms with Crippen LogP contribution in [0, 0.1) is 5.41 Å². The molecule has 0 saturated carbocycles. The van der Waals surface area contributed by atoms with Gasteiger partial charge < -0.3 is 9.84 Å². The van der Waals surface area contributed by atoms with E-state index >= 15 is 0 Å². The van der Waals surface area contributed by atoms with Gasteiger partial charge in [-0.15, -0.1) is 6.58 Å². The zero-order chi connectivity index (χ0) is 12.7. The Balaban J connectivity index is 2.92. The minimum atomic E-state index is -1.04. The van der Waals surface area contributed by atoms with Crippen molar-refractivity contribution in [1.29, 1.82) is 0 Å². The molecule has 0 unspecified atom stereocenters. The van der Waals surface area contributed by atoms with Crippen LogP contribution >= 0.6 is 0 Å². The normalized spacial score (nSPS) is 13.8. The maximum Gasteiger partial charge on any atom is 0.318 e. The molecular formula is C14H18O3. The quantitative estimate of drug-likeness (QED) is 0.604. The molecule has 0 aliphatic rings. The lowest BCUT2D eigenvalue weighted by atomic mass is 9.82. The van der Waals surface area contributed by atoms with Crippen molar-refractivity contribution in [2.24, 2.45) is 5.41 Å². The predicted octanol–water partition coefficient (Wildman–Crippen LogP) is 1.96. The van der Waals surface area contributed by atoms with Crippen molar-refractivity contribution in [3.63, 3.8) is 0 Å². The van der Waals surface area contributed by atoms with Gasteiger partial charge in [-0.05, 0) is 18.9 Å². The third-order valence-electron chi connectivity index (χ3n) is 2.72. The molecule has 3 nitrogen and oxygen atoms in total. The van der Waals surface area contributed by atoms with E-state index in [1.54, 1.807) is 6.92 Å². The summed E-state index contributed by atoms with van der Waals surface area (Å²) in [7, 11) is 0. The molecule has 0 spiro atoms. The highest BCUT2D eigenvalue weighted by atomic mass is 16.5. The molecule has 3 heteroatoms. The third-order valence-corrected chi connectivity index (χ3v) is 2.72. The summed E-state index contributed by atoms with van der Waals surface area (Å²) >= 11 is 0. The van der Waals surface area contributed by atoms with Crippen LogP contribution in [-0.2, 0) is 16.0 Å². The maximum absolute atomic E-state index is 11.9. The van der Waals surface area contributed by atoms with Crippen molar-refractivity contribution in [2.75, 3.05) is 13.2 Å². The molecule has 0 saturated heterocycles. The maximum atomic E-state index is 11.9. The average Bonchev–Trinajstić information content (AvgIpc) is 2.37. The van der Waals surface area contributed by atoms with Gasteiger partial charge in [0.2, 0.25) is 0 Å². The van der Waals surface area contributed by atoms with Gasteiger partial charge in [0.05, 0.1) is 13.2 Å². The lowest BCUT2D eigenvalue weighted by molar-refractivity contribution is -0.154. The monoisotopic (exact) mass is 234 g/mol. The second-order valence-electron chi connectivity index (χ2n) is 3.90. The van der Waals surface area contributed by atoms with Gasteiger partial charge in [-0.25, -0.2) is 0 Å². The van der Waals surface area contributed by atoms with E-state index < -0.39 is 11.4 Å². The summed E-state index contributed by atoms with van der Waals surface area (Å²) < 4.78 is 4.99. The summed E-state index contributed by atoms with van der Waals surface area (Å²) in [6.07, 6.45) is 1.87. The van der Waals surface area contributed by atoms with Crippen molar-refractivity contribution >= 4 is 5.97 Å². The van der Waals surface area contributed by atoms with Crippen molar-refractivity contribution in [3.05, 3.63) is 48.6 Å². The van der Waals surface area contributed by atoms with Crippen LogP contribution in [0.2, 0.25) is 0 Å². The fourth-order valence-electron chi connectivity index (χ4n) is 1.65. The van der Waals surface area contributed by atoms with Crippen molar-refractivity contribution < 1.29 is 14.6 Å². The van der Waals surface area contributed by atoms with Crippen LogP contribution in [0.15, 0.2) is 43.0 Å². The highest BCUT2D eigenvalue weighted by Crippen LogP contribution is 2.26. The van der Waals surface area contributed by atoms with E-state index in [4.69, 9.17) is 4.74 Å². The smallest absolute Gasteiger partial charge is 0.318 e. The van der Waals surface area contributed by atoms with E-state index in [1.165, 1.54) is 6.08 Å². The summed E-state index contributed by atoms with van der Waals surface area (Å²) in [5.74, 6) is -0.429. The Morgan fingerprint density at radius 2 is 2.12 bits per heavy atom. The lowest BCUT2D eigenvalue weighted by Gasteiger charge is -2.25. The third kappa shape index (κ3) is 3.17. The molecule has 0 aliphatic heterocycles. The van der Waals surface area contributed by atoms with Crippen LogP contribution in [0.4, 0.5) is 0 Å². The second kappa shape index (κ2) is 6.21. The zero-order valence-corrected chi connectivity index (χ0v) is 10.1. The summed E-state index contributed by atoms with van der Waals surface area (Å²) in [4.78, 5) is 11.9. The van der Waals surface area contributed by atoms with E-state index in [0.29, 0.717) is 13.0 Å². The molecule has 1 aromatic carbocycles. The number of carbonyl (C=O) groups is 1. The van der Waals surface area contributed by atoms with Gasteiger partial charge >= 0.3 is 5.97 Å². The Kier molecular flexibility index (Phi) is 4.91. The molecule has 0 amide bonds. The highest BCUT2D eigenvalue weighted by molar-refractivity contribution is 5.79. The van der Waals surface area contributed by atoms with Crippen LogP contribution in [0.25, 0.3) is 0 Å². The van der Waals surface area contributed by atoms with Crippen LogP contribution in [0.5, 0.6) is 0 Å². The average molecular weight is 234 g/mol. The van der Waals surface area contributed by atoms with E-state index in [1.807, 2.05) is 30.3 Å². The SMILES string of the molecule is C=C[C@@](CO)(Cc1ccccc1)C(=O)OCC. The Morgan fingerprint density at radius 1 is 1.47 bits per heavy atom. The van der Waals surface area contributed by atoms with E-state index in [-0.39, 0.29) is 6.61 Å². The van der Waals surface area contributed by atoms with Gasteiger partial charge in [0.1, 0.15) is 5.41 Å². The molecule has 0 fully saturated rings. The van der Waals surface area contributed by atoms with E-state index in [0.717, 1.165) is 5.56 Å². The van der Waals surface area contributed by atoms with E-state index in [2.05, 4.69) is 6.58 Å². The molecule has 1 atom stereocenters. The molecule has 1 aromatic rings. The number of hydrogen-bond acceptors (Lipinski definition) is 3. The Hall–Kier alpha value is -1.61. The first-order chi connectivity index (χ1) is 8.18. The summed E-state index contributed by atoms with van der Waals surface area (Å²) in [6.45, 7) is 5.38. The molecule has 0 radical (unpaired) electrons. The first kappa shape index (κ1) is 13.5. The minimum Gasteiger partial charge on any atom is -0.465 e. The summed E-state index contributed by atoms with van der Waals surface area (Å²) in [5.41, 5.74) is -0.0771. The van der Waals surface area contributed by atoms with Crippen LogP contribution in [0.3, 0.4) is 0 Å². The van der Waals surface area contributed by atoms with Gasteiger partial charge in [-0.1, -0.05) is 36.4 Å². The molecular weight excluding hydrogens is 216 g/mol. The number of esters is 1. The van der Waals surface area contributed by atoms with Gasteiger partial charge in [0.15, 0.2) is 0 Å². The van der Waals surface area contributed by atoms with E-state index in [9.17, 15) is 9.90 Å². The minimum absolute atomic E-state index is 0.295. The molecule has 0 bridgehead atoms. The van der Waals surface area contributed by atoms with Gasteiger partial charge in [-0.2, -0.15) is 0 Å². The zero-order valence-electron chi connectivity index (χ0n) is 10.1. The molecule has 1 rings (SSSR count). The summed E-state index contributed by atoms with van der Waals surface area (Å²) in [5, 5.41) is 9.46. The number of hydrogen-bond donors (Lipinski definition) is 1. The number of carbonyl (C=O) groups excluding carboxylic acids is 1. The first-order valence-corrected chi connectivity index (χ1v) is 5.64. The fourth-order valence-corrected chi connectivity index (χ4v) is 1.65. The van der Waals surface area contributed by atoms with Crippen molar-refractivity contribution in [3.8, 4) is 0 Å². The molecule has 0 aromatic heterocycles. The van der Waals surface area contributed by atoms with Crippen LogP contribution in [-0.4, -0.2) is 24.3 Å². The van der Waals surface area contributed by atoms with Gasteiger partial charge in [0, 0.05) is 0 Å².